The fourth-order valence-electron chi connectivity index (χ4n) is 2.36. The largest absolute Gasteiger partial charge is 0.493 e. The number of nitrogen functional groups attached to an aromatic ring is 1. The normalized spacial score (nSPS) is 10.3. The van der Waals surface area contributed by atoms with E-state index in [-0.39, 0.29) is 18.3 Å². The highest BCUT2D eigenvalue weighted by Crippen LogP contribution is 2.32. The van der Waals surface area contributed by atoms with Crippen LogP contribution in [0.3, 0.4) is 0 Å². The minimum absolute atomic E-state index is 0. The average molecular weight is 392 g/mol. The molecule has 0 atom stereocenters. The number of ether oxygens (including phenoxy) is 2. The van der Waals surface area contributed by atoms with Crippen LogP contribution >= 0.6 is 12.4 Å². The second kappa shape index (κ2) is 11.1. The molecule has 1 amide bonds. The van der Waals surface area contributed by atoms with E-state index in [1.807, 2.05) is 31.2 Å². The van der Waals surface area contributed by atoms with E-state index in [0.29, 0.717) is 30.5 Å². The van der Waals surface area contributed by atoms with E-state index in [0.717, 1.165) is 17.5 Å². The minimum atomic E-state index is -0.119. The molecular weight excluding hydrogens is 366 g/mol. The topological polar surface area (TPSA) is 77.7 Å². The molecule has 0 aliphatic carbocycles. The van der Waals surface area contributed by atoms with Crippen molar-refractivity contribution in [3.8, 4) is 11.5 Å². The molecule has 0 aliphatic rings. The molecule has 0 saturated heterocycles. The molecule has 1 aromatic carbocycles. The number of carbonyl (C=O) groups is 1. The molecule has 1 heterocycles. The number of hydrogen-bond donors (Lipinski definition) is 1. The highest BCUT2D eigenvalue weighted by molar-refractivity contribution is 5.91. The summed E-state index contributed by atoms with van der Waals surface area (Å²) < 4.78 is 11.2. The zero-order valence-electron chi connectivity index (χ0n) is 15.8. The standard InChI is InChI=1S/C20H25N3O3.ClH/c1-4-12-26-20-16(6-5-7-17(20)25-3)14-23(2)19(24)11-9-15-8-10-18(21)22-13-15;/h5-11,13H,4,12,14H2,1-3H3,(H2,21,22);1H/b11-9+;. The Morgan fingerprint density at radius 1 is 1.30 bits per heavy atom. The van der Waals surface area contributed by atoms with Crippen molar-refractivity contribution in [1.82, 2.24) is 9.88 Å². The van der Waals surface area contributed by atoms with Gasteiger partial charge in [0.05, 0.1) is 13.7 Å². The fraction of sp³-hybridized carbons (Fsp3) is 0.300. The van der Waals surface area contributed by atoms with Crippen LogP contribution in [0.4, 0.5) is 5.82 Å². The molecule has 0 bridgehead atoms. The second-order valence-electron chi connectivity index (χ2n) is 5.84. The molecule has 7 heteroatoms. The zero-order chi connectivity index (χ0) is 18.9. The SMILES string of the molecule is CCCOc1c(CN(C)C(=O)/C=C/c2ccc(N)nc2)cccc1OC.Cl. The average Bonchev–Trinajstić information content (AvgIpc) is 2.66. The van der Waals surface area contributed by atoms with Crippen LogP contribution in [0.5, 0.6) is 11.5 Å². The number of pyridine rings is 1. The molecule has 0 radical (unpaired) electrons. The van der Waals surface area contributed by atoms with Gasteiger partial charge >= 0.3 is 0 Å². The van der Waals surface area contributed by atoms with Gasteiger partial charge in [0.1, 0.15) is 5.82 Å². The number of amides is 1. The van der Waals surface area contributed by atoms with Gasteiger partial charge in [-0.25, -0.2) is 4.98 Å². The molecule has 2 rings (SSSR count). The summed E-state index contributed by atoms with van der Waals surface area (Å²) in [4.78, 5) is 18.0. The summed E-state index contributed by atoms with van der Waals surface area (Å²) in [6, 6.07) is 9.18. The number of carbonyl (C=O) groups excluding carboxylic acids is 1. The number of aromatic nitrogens is 1. The maximum atomic E-state index is 12.4. The van der Waals surface area contributed by atoms with Crippen LogP contribution in [0.1, 0.15) is 24.5 Å². The number of rotatable bonds is 8. The summed E-state index contributed by atoms with van der Waals surface area (Å²) >= 11 is 0. The summed E-state index contributed by atoms with van der Waals surface area (Å²) in [7, 11) is 3.35. The van der Waals surface area contributed by atoms with Crippen LogP contribution in [0, 0.1) is 0 Å². The first-order valence-corrected chi connectivity index (χ1v) is 8.48. The summed E-state index contributed by atoms with van der Waals surface area (Å²) in [5.74, 6) is 1.68. The first kappa shape index (κ1) is 22.3. The quantitative estimate of drug-likeness (QED) is 0.696. The van der Waals surface area contributed by atoms with Crippen molar-refractivity contribution in [2.45, 2.75) is 19.9 Å². The number of para-hydroxylation sites is 1. The molecule has 0 saturated carbocycles. The van der Waals surface area contributed by atoms with Crippen LogP contribution in [0.2, 0.25) is 0 Å². The summed E-state index contributed by atoms with van der Waals surface area (Å²) in [5.41, 5.74) is 7.27. The molecular formula is C20H26ClN3O3. The molecule has 2 aromatic rings. The number of hydrogen-bond acceptors (Lipinski definition) is 5. The molecule has 146 valence electrons. The predicted molar refractivity (Wildman–Crippen MR) is 110 cm³/mol. The second-order valence-corrected chi connectivity index (χ2v) is 5.84. The van der Waals surface area contributed by atoms with E-state index in [1.54, 1.807) is 37.4 Å². The first-order valence-electron chi connectivity index (χ1n) is 8.48. The number of nitrogens with two attached hydrogens (primary N) is 1. The number of anilines is 1. The highest BCUT2D eigenvalue weighted by Gasteiger charge is 2.14. The Hall–Kier alpha value is -2.73. The number of likely N-dealkylation sites (N-methyl/N-ethyl adjacent to an activating group) is 1. The Labute approximate surface area is 166 Å². The van der Waals surface area contributed by atoms with E-state index in [1.165, 1.54) is 6.08 Å². The van der Waals surface area contributed by atoms with E-state index < -0.39 is 0 Å². The van der Waals surface area contributed by atoms with Gasteiger partial charge in [-0.3, -0.25) is 4.79 Å². The van der Waals surface area contributed by atoms with Crippen LogP contribution < -0.4 is 15.2 Å². The van der Waals surface area contributed by atoms with Gasteiger partial charge < -0.3 is 20.1 Å². The lowest BCUT2D eigenvalue weighted by Crippen LogP contribution is -2.24. The summed E-state index contributed by atoms with van der Waals surface area (Å²) in [5, 5.41) is 0. The van der Waals surface area contributed by atoms with Crippen LogP contribution in [-0.4, -0.2) is 36.6 Å². The van der Waals surface area contributed by atoms with Crippen LogP contribution in [0.25, 0.3) is 6.08 Å². The van der Waals surface area contributed by atoms with Crippen molar-refractivity contribution < 1.29 is 14.3 Å². The Morgan fingerprint density at radius 3 is 2.70 bits per heavy atom. The molecule has 6 nitrogen and oxygen atoms in total. The summed E-state index contributed by atoms with van der Waals surface area (Å²) in [6.45, 7) is 3.05. The van der Waals surface area contributed by atoms with E-state index >= 15 is 0 Å². The first-order chi connectivity index (χ1) is 12.5. The third kappa shape index (κ3) is 6.49. The third-order valence-electron chi connectivity index (χ3n) is 3.74. The van der Waals surface area contributed by atoms with Crippen LogP contribution in [-0.2, 0) is 11.3 Å². The molecule has 27 heavy (non-hydrogen) atoms. The molecule has 0 spiro atoms. The van der Waals surface area contributed by atoms with E-state index in [9.17, 15) is 4.79 Å². The molecule has 0 fully saturated rings. The smallest absolute Gasteiger partial charge is 0.246 e. The highest BCUT2D eigenvalue weighted by atomic mass is 35.5. The van der Waals surface area contributed by atoms with Gasteiger partial charge in [-0.05, 0) is 36.3 Å². The van der Waals surface area contributed by atoms with Crippen molar-refractivity contribution in [1.29, 1.82) is 0 Å². The van der Waals surface area contributed by atoms with Crippen LogP contribution in [0.15, 0.2) is 42.6 Å². The van der Waals surface area contributed by atoms with E-state index in [4.69, 9.17) is 15.2 Å². The molecule has 0 unspecified atom stereocenters. The Morgan fingerprint density at radius 2 is 2.07 bits per heavy atom. The Kier molecular flexibility index (Phi) is 9.16. The van der Waals surface area contributed by atoms with Gasteiger partial charge in [0.25, 0.3) is 0 Å². The van der Waals surface area contributed by atoms with Crippen molar-refractivity contribution in [2.24, 2.45) is 0 Å². The lowest BCUT2D eigenvalue weighted by atomic mass is 10.1. The van der Waals surface area contributed by atoms with Crippen molar-refractivity contribution >= 4 is 30.2 Å². The number of halogens is 1. The Bertz CT molecular complexity index is 764. The predicted octanol–water partition coefficient (Wildman–Crippen LogP) is 3.55. The van der Waals surface area contributed by atoms with Crippen molar-refractivity contribution in [3.05, 3.63) is 53.7 Å². The molecule has 1 aromatic heterocycles. The van der Waals surface area contributed by atoms with Gasteiger partial charge in [-0.15, -0.1) is 12.4 Å². The van der Waals surface area contributed by atoms with Gasteiger partial charge in [0.15, 0.2) is 11.5 Å². The van der Waals surface area contributed by atoms with Crippen molar-refractivity contribution in [3.63, 3.8) is 0 Å². The molecule has 0 aliphatic heterocycles. The van der Waals surface area contributed by atoms with E-state index in [2.05, 4.69) is 4.98 Å². The number of nitrogens with zero attached hydrogens (tertiary/aromatic N) is 2. The van der Waals surface area contributed by atoms with Gasteiger partial charge in [0.2, 0.25) is 5.91 Å². The van der Waals surface area contributed by atoms with Gasteiger partial charge in [0, 0.05) is 31.4 Å². The maximum Gasteiger partial charge on any atom is 0.246 e. The zero-order valence-corrected chi connectivity index (χ0v) is 16.7. The number of benzene rings is 1. The van der Waals surface area contributed by atoms with Gasteiger partial charge in [-0.2, -0.15) is 0 Å². The molecule has 2 N–H and O–H groups in total. The Balaban J connectivity index is 0.00000364. The summed E-state index contributed by atoms with van der Waals surface area (Å²) in [6.07, 6.45) is 5.74. The lowest BCUT2D eigenvalue weighted by Gasteiger charge is -2.19. The monoisotopic (exact) mass is 391 g/mol. The fourth-order valence-corrected chi connectivity index (χ4v) is 2.36. The maximum absolute atomic E-state index is 12.4. The minimum Gasteiger partial charge on any atom is -0.493 e. The van der Waals surface area contributed by atoms with Gasteiger partial charge in [-0.1, -0.05) is 19.1 Å². The third-order valence-corrected chi connectivity index (χ3v) is 3.74. The van der Waals surface area contributed by atoms with Crippen molar-refractivity contribution in [2.75, 3.05) is 26.5 Å². The number of methoxy groups -OCH3 is 1. The lowest BCUT2D eigenvalue weighted by molar-refractivity contribution is -0.125.